The largest absolute Gasteiger partial charge is 0.314 e. The second-order valence-electron chi connectivity index (χ2n) is 4.47. The first-order valence-corrected chi connectivity index (χ1v) is 6.06. The highest BCUT2D eigenvalue weighted by Crippen LogP contribution is 2.25. The quantitative estimate of drug-likeness (QED) is 0.863. The first-order chi connectivity index (χ1) is 8.22. The second-order valence-corrected chi connectivity index (χ2v) is 4.47. The lowest BCUT2D eigenvalue weighted by Gasteiger charge is -2.34. The maximum Gasteiger partial charge on any atom is 0.123 e. The van der Waals surface area contributed by atoms with E-state index in [2.05, 4.69) is 16.8 Å². The fourth-order valence-corrected chi connectivity index (χ4v) is 2.36. The summed E-state index contributed by atoms with van der Waals surface area (Å²) in [6.45, 7) is 9.85. The highest BCUT2D eigenvalue weighted by atomic mass is 35.5. The SMILES string of the molecule is C=C[C@@H](c1cc(F)ccc1C)N1CCNCC1.Cl.Cl. The van der Waals surface area contributed by atoms with Crippen LogP contribution in [0.25, 0.3) is 0 Å². The number of piperazine rings is 1. The molecule has 2 rings (SSSR count). The summed E-state index contributed by atoms with van der Waals surface area (Å²) in [4.78, 5) is 2.34. The van der Waals surface area contributed by atoms with Crippen molar-refractivity contribution in [3.63, 3.8) is 0 Å². The van der Waals surface area contributed by atoms with Gasteiger partial charge in [-0.2, -0.15) is 0 Å². The molecule has 0 radical (unpaired) electrons. The molecule has 1 aliphatic heterocycles. The van der Waals surface area contributed by atoms with Crippen molar-refractivity contribution in [2.75, 3.05) is 26.2 Å². The van der Waals surface area contributed by atoms with Crippen LogP contribution >= 0.6 is 24.8 Å². The maximum absolute atomic E-state index is 13.3. The van der Waals surface area contributed by atoms with Crippen LogP contribution in [0.15, 0.2) is 30.9 Å². The zero-order chi connectivity index (χ0) is 12.3. The second kappa shape index (κ2) is 8.54. The highest BCUT2D eigenvalue weighted by Gasteiger charge is 2.20. The van der Waals surface area contributed by atoms with Crippen molar-refractivity contribution in [3.8, 4) is 0 Å². The van der Waals surface area contributed by atoms with Crippen molar-refractivity contribution in [1.82, 2.24) is 10.2 Å². The molecule has 0 amide bonds. The summed E-state index contributed by atoms with van der Waals surface area (Å²) in [6.07, 6.45) is 1.91. The third-order valence-electron chi connectivity index (χ3n) is 3.33. The van der Waals surface area contributed by atoms with Crippen LogP contribution in [0.3, 0.4) is 0 Å². The van der Waals surface area contributed by atoms with Crippen LogP contribution < -0.4 is 5.32 Å². The average molecular weight is 307 g/mol. The Balaban J connectivity index is 0.00000162. The summed E-state index contributed by atoms with van der Waals surface area (Å²) in [7, 11) is 0. The molecule has 2 nitrogen and oxygen atoms in total. The molecule has 0 unspecified atom stereocenters. The van der Waals surface area contributed by atoms with Gasteiger partial charge in [0.25, 0.3) is 0 Å². The molecule has 0 bridgehead atoms. The Hall–Kier alpha value is -0.610. The van der Waals surface area contributed by atoms with Crippen LogP contribution in [0.5, 0.6) is 0 Å². The molecule has 1 aromatic carbocycles. The molecule has 0 aliphatic carbocycles. The van der Waals surface area contributed by atoms with Gasteiger partial charge in [-0.3, -0.25) is 4.90 Å². The Morgan fingerprint density at radius 1 is 1.32 bits per heavy atom. The van der Waals surface area contributed by atoms with E-state index in [4.69, 9.17) is 0 Å². The normalized spacial score (nSPS) is 16.9. The molecule has 1 aliphatic rings. The van der Waals surface area contributed by atoms with E-state index in [1.165, 1.54) is 6.07 Å². The molecule has 19 heavy (non-hydrogen) atoms. The van der Waals surface area contributed by atoms with E-state index in [1.54, 1.807) is 6.07 Å². The van der Waals surface area contributed by atoms with Gasteiger partial charge in [0.15, 0.2) is 0 Å². The van der Waals surface area contributed by atoms with Crippen molar-refractivity contribution in [2.24, 2.45) is 0 Å². The lowest BCUT2D eigenvalue weighted by Crippen LogP contribution is -2.44. The molecule has 0 spiro atoms. The van der Waals surface area contributed by atoms with E-state index in [9.17, 15) is 4.39 Å². The van der Waals surface area contributed by atoms with Crippen molar-refractivity contribution >= 4 is 24.8 Å². The average Bonchev–Trinajstić information content (AvgIpc) is 2.36. The molecule has 1 N–H and O–H groups in total. The molecule has 0 saturated carbocycles. The predicted molar refractivity (Wildman–Crippen MR) is 83.0 cm³/mol. The third kappa shape index (κ3) is 4.46. The fourth-order valence-electron chi connectivity index (χ4n) is 2.36. The van der Waals surface area contributed by atoms with Crippen LogP contribution in [-0.4, -0.2) is 31.1 Å². The van der Waals surface area contributed by atoms with Crippen LogP contribution in [0.2, 0.25) is 0 Å². The van der Waals surface area contributed by atoms with Gasteiger partial charge in [0.2, 0.25) is 0 Å². The van der Waals surface area contributed by atoms with Crippen molar-refractivity contribution < 1.29 is 4.39 Å². The van der Waals surface area contributed by atoms with Crippen molar-refractivity contribution in [3.05, 3.63) is 47.8 Å². The summed E-state index contributed by atoms with van der Waals surface area (Å²) in [5.41, 5.74) is 2.15. The van der Waals surface area contributed by atoms with Crippen LogP contribution in [0.1, 0.15) is 17.2 Å². The fraction of sp³-hybridized carbons (Fsp3) is 0.429. The van der Waals surface area contributed by atoms with Gasteiger partial charge >= 0.3 is 0 Å². The monoisotopic (exact) mass is 306 g/mol. The summed E-state index contributed by atoms with van der Waals surface area (Å²) in [6, 6.07) is 5.09. The van der Waals surface area contributed by atoms with Gasteiger partial charge in [-0.05, 0) is 30.2 Å². The Bertz CT molecular complexity index is 406. The van der Waals surface area contributed by atoms with Gasteiger partial charge in [0.1, 0.15) is 5.82 Å². The third-order valence-corrected chi connectivity index (χ3v) is 3.33. The Labute approximate surface area is 126 Å². The zero-order valence-corrected chi connectivity index (χ0v) is 12.7. The molecule has 1 heterocycles. The van der Waals surface area contributed by atoms with Gasteiger partial charge in [0.05, 0.1) is 6.04 Å². The van der Waals surface area contributed by atoms with Crippen LogP contribution in [-0.2, 0) is 0 Å². The minimum Gasteiger partial charge on any atom is -0.314 e. The zero-order valence-electron chi connectivity index (χ0n) is 11.1. The summed E-state index contributed by atoms with van der Waals surface area (Å²) < 4.78 is 13.3. The molecular weight excluding hydrogens is 286 g/mol. The number of aryl methyl sites for hydroxylation is 1. The first-order valence-electron chi connectivity index (χ1n) is 6.06. The van der Waals surface area contributed by atoms with Crippen LogP contribution in [0, 0.1) is 12.7 Å². The Kier molecular flexibility index (Phi) is 8.26. The minimum atomic E-state index is -0.174. The van der Waals surface area contributed by atoms with Gasteiger partial charge in [-0.1, -0.05) is 12.1 Å². The molecule has 0 aromatic heterocycles. The van der Waals surface area contributed by atoms with Crippen LogP contribution in [0.4, 0.5) is 4.39 Å². The molecule has 1 aromatic rings. The van der Waals surface area contributed by atoms with Gasteiger partial charge in [-0.25, -0.2) is 4.39 Å². The molecule has 1 saturated heterocycles. The van der Waals surface area contributed by atoms with Gasteiger partial charge in [0, 0.05) is 26.2 Å². The summed E-state index contributed by atoms with van der Waals surface area (Å²) >= 11 is 0. The highest BCUT2D eigenvalue weighted by molar-refractivity contribution is 5.85. The number of benzene rings is 1. The summed E-state index contributed by atoms with van der Waals surface area (Å²) in [5.74, 6) is -0.174. The number of hydrogen-bond donors (Lipinski definition) is 1. The maximum atomic E-state index is 13.3. The smallest absolute Gasteiger partial charge is 0.123 e. The van der Waals surface area contributed by atoms with E-state index >= 15 is 0 Å². The Morgan fingerprint density at radius 3 is 2.53 bits per heavy atom. The van der Waals surface area contributed by atoms with E-state index in [1.807, 2.05) is 19.1 Å². The summed E-state index contributed by atoms with van der Waals surface area (Å²) in [5, 5.41) is 3.32. The predicted octanol–water partition coefficient (Wildman–Crippen LogP) is 3.11. The number of hydrogen-bond acceptors (Lipinski definition) is 2. The first kappa shape index (κ1) is 18.4. The van der Waals surface area contributed by atoms with Crippen molar-refractivity contribution in [2.45, 2.75) is 13.0 Å². The lowest BCUT2D eigenvalue weighted by molar-refractivity contribution is 0.203. The number of nitrogens with zero attached hydrogens (tertiary/aromatic N) is 1. The molecular formula is C14H21Cl2FN2. The van der Waals surface area contributed by atoms with E-state index in [-0.39, 0.29) is 36.7 Å². The molecule has 1 atom stereocenters. The van der Waals surface area contributed by atoms with Crippen molar-refractivity contribution in [1.29, 1.82) is 0 Å². The molecule has 1 fully saturated rings. The topological polar surface area (TPSA) is 15.3 Å². The molecule has 5 heteroatoms. The van der Waals surface area contributed by atoms with E-state index < -0.39 is 0 Å². The molecule has 108 valence electrons. The van der Waals surface area contributed by atoms with E-state index in [0.717, 1.165) is 37.3 Å². The Morgan fingerprint density at radius 2 is 1.95 bits per heavy atom. The van der Waals surface area contributed by atoms with Gasteiger partial charge < -0.3 is 5.32 Å². The van der Waals surface area contributed by atoms with E-state index in [0.29, 0.717) is 0 Å². The number of nitrogens with one attached hydrogen (secondary N) is 1. The number of rotatable bonds is 3. The lowest BCUT2D eigenvalue weighted by atomic mass is 9.99. The minimum absolute atomic E-state index is 0. The standard InChI is InChI=1S/C14H19FN2.2ClH/c1-3-14(17-8-6-16-7-9-17)13-10-12(15)5-4-11(13)2;;/h3-5,10,14,16H,1,6-9H2,2H3;2*1H/t14-;;/m0../s1. The van der Waals surface area contributed by atoms with Gasteiger partial charge in [-0.15, -0.1) is 31.4 Å². The number of halogens is 3.